The maximum absolute atomic E-state index is 6.66. The third-order valence-electron chi connectivity index (χ3n) is 6.36. The maximum Gasteiger partial charge on any atom is 0.0443 e. The van der Waals surface area contributed by atoms with Gasteiger partial charge in [0, 0.05) is 11.6 Å². The molecule has 2 aliphatic carbocycles. The van der Waals surface area contributed by atoms with Gasteiger partial charge in [-0.2, -0.15) is 0 Å². The summed E-state index contributed by atoms with van der Waals surface area (Å²) in [6.07, 6.45) is 12.4. The molecule has 2 atom stereocenters. The van der Waals surface area contributed by atoms with E-state index in [4.69, 9.17) is 11.6 Å². The molecule has 3 aliphatic rings. The Morgan fingerprint density at radius 1 is 0.957 bits per heavy atom. The van der Waals surface area contributed by atoms with E-state index in [9.17, 15) is 0 Å². The van der Waals surface area contributed by atoms with Crippen molar-refractivity contribution in [3.63, 3.8) is 0 Å². The van der Waals surface area contributed by atoms with Crippen LogP contribution in [-0.2, 0) is 0 Å². The second-order valence-corrected chi connectivity index (χ2v) is 8.49. The first-order chi connectivity index (χ1) is 11.3. The molecule has 2 heteroatoms. The average molecular weight is 332 g/mol. The van der Waals surface area contributed by atoms with Crippen molar-refractivity contribution < 1.29 is 0 Å². The highest BCUT2D eigenvalue weighted by Gasteiger charge is 2.39. The quantitative estimate of drug-likeness (QED) is 0.656. The molecule has 4 rings (SSSR count). The molecule has 1 heterocycles. The Morgan fingerprint density at radius 2 is 1.70 bits per heavy atom. The molecule has 2 unspecified atom stereocenters. The van der Waals surface area contributed by atoms with Gasteiger partial charge >= 0.3 is 0 Å². The van der Waals surface area contributed by atoms with Crippen LogP contribution in [0.15, 0.2) is 18.2 Å². The van der Waals surface area contributed by atoms with Crippen LogP contribution in [-0.4, -0.2) is 24.5 Å². The zero-order chi connectivity index (χ0) is 15.6. The van der Waals surface area contributed by atoms with E-state index < -0.39 is 0 Å². The van der Waals surface area contributed by atoms with Gasteiger partial charge in [0.05, 0.1) is 0 Å². The molecule has 23 heavy (non-hydrogen) atoms. The second-order valence-electron chi connectivity index (χ2n) is 8.08. The first-order valence-corrected chi connectivity index (χ1v) is 10.2. The number of rotatable bonds is 4. The molecule has 1 saturated heterocycles. The van der Waals surface area contributed by atoms with Crippen molar-refractivity contribution >= 4 is 11.6 Å². The lowest BCUT2D eigenvalue weighted by molar-refractivity contribution is 0.219. The zero-order valence-corrected chi connectivity index (χ0v) is 15.0. The highest BCUT2D eigenvalue weighted by molar-refractivity contribution is 6.31. The van der Waals surface area contributed by atoms with Crippen molar-refractivity contribution in [2.75, 3.05) is 19.6 Å². The maximum atomic E-state index is 6.66. The molecule has 0 bridgehead atoms. The molecule has 3 fully saturated rings. The monoisotopic (exact) mass is 331 g/mol. The van der Waals surface area contributed by atoms with Crippen LogP contribution in [0.1, 0.15) is 80.8 Å². The van der Waals surface area contributed by atoms with E-state index in [1.165, 1.54) is 88.5 Å². The van der Waals surface area contributed by atoms with Crippen LogP contribution >= 0.6 is 11.6 Å². The van der Waals surface area contributed by atoms with Crippen LogP contribution in [0, 0.1) is 5.92 Å². The van der Waals surface area contributed by atoms with E-state index in [0.717, 1.165) is 16.9 Å². The fourth-order valence-corrected chi connectivity index (χ4v) is 5.19. The molecule has 126 valence electrons. The predicted molar refractivity (Wildman–Crippen MR) is 98.4 cm³/mol. The van der Waals surface area contributed by atoms with Crippen LogP contribution < -0.4 is 0 Å². The van der Waals surface area contributed by atoms with Gasteiger partial charge < -0.3 is 4.90 Å². The number of hydrogen-bond donors (Lipinski definition) is 0. The van der Waals surface area contributed by atoms with Crippen LogP contribution in [0.25, 0.3) is 0 Å². The van der Waals surface area contributed by atoms with Gasteiger partial charge in [-0.3, -0.25) is 0 Å². The number of halogens is 1. The van der Waals surface area contributed by atoms with Crippen molar-refractivity contribution in [2.24, 2.45) is 5.92 Å². The molecule has 2 saturated carbocycles. The van der Waals surface area contributed by atoms with Crippen molar-refractivity contribution in [1.29, 1.82) is 0 Å². The lowest BCUT2D eigenvalue weighted by Crippen LogP contribution is -2.31. The van der Waals surface area contributed by atoms with Gasteiger partial charge in [-0.15, -0.1) is 0 Å². The number of hydrogen-bond acceptors (Lipinski definition) is 1. The summed E-state index contributed by atoms with van der Waals surface area (Å²) in [5.74, 6) is 2.37. The van der Waals surface area contributed by atoms with Crippen molar-refractivity contribution in [3.8, 4) is 0 Å². The van der Waals surface area contributed by atoms with Gasteiger partial charge in [-0.05, 0) is 80.1 Å². The van der Waals surface area contributed by atoms with Gasteiger partial charge in [0.2, 0.25) is 0 Å². The smallest absolute Gasteiger partial charge is 0.0443 e. The molecular weight excluding hydrogens is 302 g/mol. The number of piperidine rings is 1. The minimum atomic E-state index is 0.716. The summed E-state index contributed by atoms with van der Waals surface area (Å²) in [7, 11) is 0. The Balaban J connectivity index is 1.37. The summed E-state index contributed by atoms with van der Waals surface area (Å²) in [5.41, 5.74) is 2.92. The summed E-state index contributed by atoms with van der Waals surface area (Å²) in [4.78, 5) is 2.69. The molecule has 1 aromatic carbocycles. The summed E-state index contributed by atoms with van der Waals surface area (Å²) >= 11 is 6.66. The summed E-state index contributed by atoms with van der Waals surface area (Å²) in [6.45, 7) is 3.96. The zero-order valence-electron chi connectivity index (χ0n) is 14.3. The van der Waals surface area contributed by atoms with Crippen LogP contribution in [0.4, 0.5) is 0 Å². The number of likely N-dealkylation sites (tertiary alicyclic amines) is 1. The molecule has 0 aromatic heterocycles. The summed E-state index contributed by atoms with van der Waals surface area (Å²) in [6, 6.07) is 7.03. The predicted octanol–water partition coefficient (Wildman–Crippen LogP) is 5.98. The van der Waals surface area contributed by atoms with Crippen molar-refractivity contribution in [3.05, 3.63) is 34.3 Å². The average Bonchev–Trinajstić information content (AvgIpc) is 3.35. The van der Waals surface area contributed by atoms with E-state index in [0.29, 0.717) is 5.92 Å². The Labute approximate surface area is 146 Å². The Hall–Kier alpha value is -0.530. The van der Waals surface area contributed by atoms with E-state index in [2.05, 4.69) is 23.1 Å². The number of nitrogens with zero attached hydrogens (tertiary/aromatic N) is 1. The third-order valence-corrected chi connectivity index (χ3v) is 6.69. The molecular formula is C21H30ClN. The molecule has 1 aliphatic heterocycles. The van der Waals surface area contributed by atoms with Crippen molar-refractivity contribution in [1.82, 2.24) is 4.90 Å². The van der Waals surface area contributed by atoms with Crippen LogP contribution in [0.2, 0.25) is 5.02 Å². The van der Waals surface area contributed by atoms with Crippen molar-refractivity contribution in [2.45, 2.75) is 69.6 Å². The highest BCUT2D eigenvalue weighted by atomic mass is 35.5. The SMILES string of the molecule is Clc1cc(C2CC2CN2CCCCC2)ccc1C1CCCCC1. The fourth-order valence-electron chi connectivity index (χ4n) is 4.85. The topological polar surface area (TPSA) is 3.24 Å². The molecule has 0 spiro atoms. The fraction of sp³-hybridized carbons (Fsp3) is 0.714. The highest BCUT2D eigenvalue weighted by Crippen LogP contribution is 2.49. The first-order valence-electron chi connectivity index (χ1n) is 9.83. The Kier molecular flexibility index (Phi) is 4.96. The lowest BCUT2D eigenvalue weighted by Gasteiger charge is -2.26. The second kappa shape index (κ2) is 7.15. The lowest BCUT2D eigenvalue weighted by atomic mass is 9.83. The third kappa shape index (κ3) is 3.77. The Bertz CT molecular complexity index is 529. The van der Waals surface area contributed by atoms with Gasteiger partial charge in [-0.1, -0.05) is 49.4 Å². The van der Waals surface area contributed by atoms with E-state index >= 15 is 0 Å². The molecule has 0 radical (unpaired) electrons. The normalized spacial score (nSPS) is 29.6. The largest absolute Gasteiger partial charge is 0.303 e. The molecule has 0 N–H and O–H groups in total. The van der Waals surface area contributed by atoms with Gasteiger partial charge in [0.1, 0.15) is 0 Å². The summed E-state index contributed by atoms with van der Waals surface area (Å²) in [5, 5.41) is 1.04. The molecule has 1 nitrogen and oxygen atoms in total. The standard InChI is InChI=1S/C21H30ClN/c22-21-14-17(9-10-19(21)16-7-3-1-4-8-16)20-13-18(20)15-23-11-5-2-6-12-23/h9-10,14,16,18,20H,1-8,11-13,15H2. The number of benzene rings is 1. The minimum absolute atomic E-state index is 0.716. The van der Waals surface area contributed by atoms with Gasteiger partial charge in [0.15, 0.2) is 0 Å². The molecule has 0 amide bonds. The van der Waals surface area contributed by atoms with Crippen LogP contribution in [0.3, 0.4) is 0 Å². The van der Waals surface area contributed by atoms with Crippen LogP contribution in [0.5, 0.6) is 0 Å². The Morgan fingerprint density at radius 3 is 2.43 bits per heavy atom. The summed E-state index contributed by atoms with van der Waals surface area (Å²) < 4.78 is 0. The molecule has 1 aromatic rings. The van der Waals surface area contributed by atoms with E-state index in [1.54, 1.807) is 0 Å². The first kappa shape index (κ1) is 16.0. The van der Waals surface area contributed by atoms with E-state index in [-0.39, 0.29) is 0 Å². The van der Waals surface area contributed by atoms with E-state index in [1.807, 2.05) is 0 Å². The van der Waals surface area contributed by atoms with Gasteiger partial charge in [0.25, 0.3) is 0 Å². The minimum Gasteiger partial charge on any atom is -0.303 e. The van der Waals surface area contributed by atoms with Gasteiger partial charge in [-0.25, -0.2) is 0 Å².